The molecule has 0 radical (unpaired) electrons. The summed E-state index contributed by atoms with van der Waals surface area (Å²) in [4.78, 5) is 11.7. The Morgan fingerprint density at radius 2 is 1.82 bits per heavy atom. The van der Waals surface area contributed by atoms with Gasteiger partial charge in [-0.2, -0.15) is 0 Å². The molecule has 0 aliphatic carbocycles. The number of nitrogens with zero attached hydrogens (tertiary/aromatic N) is 3. The van der Waals surface area contributed by atoms with Crippen LogP contribution in [0.2, 0.25) is 5.02 Å². The first kappa shape index (κ1) is 30.4. The molecule has 1 aromatic heterocycles. The summed E-state index contributed by atoms with van der Waals surface area (Å²) < 4.78 is 37.7. The molecule has 1 N–H and O–H groups in total. The second-order valence-corrected chi connectivity index (χ2v) is 11.7. The van der Waals surface area contributed by atoms with Crippen LogP contribution in [0.25, 0.3) is 10.9 Å². The van der Waals surface area contributed by atoms with Crippen molar-refractivity contribution in [3.8, 4) is 17.2 Å². The minimum atomic E-state index is -0.305. The summed E-state index contributed by atoms with van der Waals surface area (Å²) in [6.07, 6.45) is 8.05. The molecule has 10 heteroatoms. The summed E-state index contributed by atoms with van der Waals surface area (Å²) in [7, 11) is 0. The second-order valence-electron chi connectivity index (χ2n) is 11.3. The quantitative estimate of drug-likeness (QED) is 0.163. The molecular weight excluding hydrogens is 583 g/mol. The van der Waals surface area contributed by atoms with E-state index >= 15 is 0 Å². The number of nitrogens with one attached hydrogen (secondary N) is 1. The van der Waals surface area contributed by atoms with Crippen LogP contribution >= 0.6 is 11.6 Å². The Morgan fingerprint density at radius 1 is 0.955 bits per heavy atom. The predicted molar refractivity (Wildman–Crippen MR) is 170 cm³/mol. The lowest BCUT2D eigenvalue weighted by atomic mass is 10.1. The van der Waals surface area contributed by atoms with Gasteiger partial charge in [-0.3, -0.25) is 0 Å². The molecule has 2 saturated heterocycles. The Morgan fingerprint density at radius 3 is 2.64 bits per heavy atom. The molecule has 0 unspecified atom stereocenters. The van der Waals surface area contributed by atoms with Gasteiger partial charge in [0.2, 0.25) is 0 Å². The third-order valence-corrected chi connectivity index (χ3v) is 8.25. The summed E-state index contributed by atoms with van der Waals surface area (Å²) in [5.74, 6) is 2.19. The van der Waals surface area contributed by atoms with Crippen LogP contribution in [-0.4, -0.2) is 60.4 Å². The summed E-state index contributed by atoms with van der Waals surface area (Å²) in [5.41, 5.74) is 2.17. The van der Waals surface area contributed by atoms with E-state index in [9.17, 15) is 4.39 Å². The molecule has 0 bridgehead atoms. The van der Waals surface area contributed by atoms with Gasteiger partial charge in [0.05, 0.1) is 35.7 Å². The SMILES string of the molecule is Fc1cccc(COc2ccc(Nc3ncnc4cc(OCCCN5CCCCC5)cc(OC5CCOCC5)c34)cc2Cl)c1. The first-order chi connectivity index (χ1) is 21.6. The highest BCUT2D eigenvalue weighted by Gasteiger charge is 2.20. The van der Waals surface area contributed by atoms with Gasteiger partial charge < -0.3 is 29.2 Å². The molecule has 0 amide bonds. The molecule has 0 saturated carbocycles. The molecule has 6 rings (SSSR count). The highest BCUT2D eigenvalue weighted by Crippen LogP contribution is 2.38. The standard InChI is InChI=1S/C34H38ClFN4O4/c35-29-19-26(8-9-31(29)43-22-24-6-4-7-25(36)18-24)39-34-33-30(37-23-38-34)20-28(21-32(33)44-27-10-16-41-17-11-27)42-15-5-14-40-12-2-1-3-13-40/h4,6-9,18-21,23,27H,1-3,5,10-17,22H2,(H,37,38,39). The number of piperidine rings is 1. The van der Waals surface area contributed by atoms with Gasteiger partial charge in [0, 0.05) is 37.2 Å². The van der Waals surface area contributed by atoms with E-state index in [2.05, 4.69) is 20.2 Å². The summed E-state index contributed by atoms with van der Waals surface area (Å²) >= 11 is 6.57. The zero-order valence-electron chi connectivity index (χ0n) is 24.8. The van der Waals surface area contributed by atoms with E-state index in [-0.39, 0.29) is 18.5 Å². The minimum absolute atomic E-state index is 0.0262. The van der Waals surface area contributed by atoms with E-state index in [0.29, 0.717) is 42.2 Å². The maximum Gasteiger partial charge on any atom is 0.145 e. The van der Waals surface area contributed by atoms with Gasteiger partial charge in [-0.15, -0.1) is 0 Å². The van der Waals surface area contributed by atoms with Gasteiger partial charge >= 0.3 is 0 Å². The number of hydrogen-bond donors (Lipinski definition) is 1. The lowest BCUT2D eigenvalue weighted by Gasteiger charge is -2.26. The number of halogens is 2. The van der Waals surface area contributed by atoms with Gasteiger partial charge in [0.25, 0.3) is 0 Å². The molecule has 0 atom stereocenters. The molecular formula is C34H38ClFN4O4. The third kappa shape index (κ3) is 8.08. The number of likely N-dealkylation sites (tertiary alicyclic amines) is 1. The average molecular weight is 621 g/mol. The third-order valence-electron chi connectivity index (χ3n) is 7.95. The maximum absolute atomic E-state index is 13.5. The highest BCUT2D eigenvalue weighted by molar-refractivity contribution is 6.32. The van der Waals surface area contributed by atoms with E-state index in [1.165, 1.54) is 50.8 Å². The fourth-order valence-corrected chi connectivity index (χ4v) is 5.89. The van der Waals surface area contributed by atoms with Crippen LogP contribution < -0.4 is 19.5 Å². The van der Waals surface area contributed by atoms with Crippen LogP contribution in [0.3, 0.4) is 0 Å². The van der Waals surface area contributed by atoms with Crippen molar-refractivity contribution in [2.75, 3.05) is 44.8 Å². The van der Waals surface area contributed by atoms with Crippen molar-refractivity contribution in [3.05, 3.63) is 77.3 Å². The van der Waals surface area contributed by atoms with E-state index in [0.717, 1.165) is 53.7 Å². The molecule has 0 spiro atoms. The molecule has 8 nitrogen and oxygen atoms in total. The van der Waals surface area contributed by atoms with Crippen LogP contribution in [0.4, 0.5) is 15.9 Å². The fourth-order valence-electron chi connectivity index (χ4n) is 5.66. The zero-order chi connectivity index (χ0) is 30.1. The number of anilines is 2. The molecule has 4 aromatic rings. The molecule has 2 aliphatic rings. The number of ether oxygens (including phenoxy) is 4. The summed E-state index contributed by atoms with van der Waals surface area (Å²) in [6, 6.07) is 15.6. The molecule has 44 heavy (non-hydrogen) atoms. The van der Waals surface area contributed by atoms with Gasteiger partial charge in [0.1, 0.15) is 47.9 Å². The van der Waals surface area contributed by atoms with Crippen molar-refractivity contribution in [1.82, 2.24) is 14.9 Å². The van der Waals surface area contributed by atoms with Crippen LogP contribution in [-0.2, 0) is 11.3 Å². The molecule has 3 aromatic carbocycles. The van der Waals surface area contributed by atoms with Crippen LogP contribution in [0, 0.1) is 5.82 Å². The highest BCUT2D eigenvalue weighted by atomic mass is 35.5. The fraction of sp³-hybridized carbons (Fsp3) is 0.412. The van der Waals surface area contributed by atoms with Gasteiger partial charge in [-0.25, -0.2) is 14.4 Å². The van der Waals surface area contributed by atoms with Crippen LogP contribution in [0.5, 0.6) is 17.2 Å². The van der Waals surface area contributed by atoms with Crippen molar-refractivity contribution in [3.63, 3.8) is 0 Å². The predicted octanol–water partition coefficient (Wildman–Crippen LogP) is 7.56. The van der Waals surface area contributed by atoms with Crippen LogP contribution in [0.1, 0.15) is 44.1 Å². The van der Waals surface area contributed by atoms with E-state index in [1.807, 2.05) is 18.2 Å². The Kier molecular flexibility index (Phi) is 10.3. The Bertz CT molecular complexity index is 1550. The molecule has 3 heterocycles. The average Bonchev–Trinajstić information content (AvgIpc) is 3.04. The second kappa shape index (κ2) is 14.9. The van der Waals surface area contributed by atoms with Crippen molar-refractivity contribution in [1.29, 1.82) is 0 Å². The first-order valence-corrected chi connectivity index (χ1v) is 15.8. The van der Waals surface area contributed by atoms with Crippen molar-refractivity contribution >= 4 is 34.0 Å². The normalized spacial score (nSPS) is 16.1. The van der Waals surface area contributed by atoms with E-state index in [4.69, 9.17) is 30.5 Å². The Hall–Kier alpha value is -3.66. The molecule has 2 aliphatic heterocycles. The molecule has 2 fully saturated rings. The number of rotatable bonds is 12. The number of aromatic nitrogens is 2. The number of hydrogen-bond acceptors (Lipinski definition) is 8. The first-order valence-electron chi connectivity index (χ1n) is 15.4. The number of benzene rings is 3. The van der Waals surface area contributed by atoms with E-state index < -0.39 is 0 Å². The lowest BCUT2D eigenvalue weighted by Crippen LogP contribution is -2.31. The van der Waals surface area contributed by atoms with Crippen molar-refractivity contribution in [2.45, 2.75) is 51.2 Å². The lowest BCUT2D eigenvalue weighted by molar-refractivity contribution is 0.0261. The minimum Gasteiger partial charge on any atom is -0.493 e. The van der Waals surface area contributed by atoms with Crippen molar-refractivity contribution in [2.24, 2.45) is 0 Å². The number of fused-ring (bicyclic) bond motifs is 1. The smallest absolute Gasteiger partial charge is 0.145 e. The Labute approximate surface area is 262 Å². The van der Waals surface area contributed by atoms with Gasteiger partial charge in [-0.05, 0) is 68.2 Å². The topological polar surface area (TPSA) is 78.0 Å². The monoisotopic (exact) mass is 620 g/mol. The Balaban J connectivity index is 1.19. The van der Waals surface area contributed by atoms with Crippen molar-refractivity contribution < 1.29 is 23.3 Å². The molecule has 232 valence electrons. The summed E-state index contributed by atoms with van der Waals surface area (Å²) in [5, 5.41) is 4.58. The van der Waals surface area contributed by atoms with Crippen LogP contribution in [0.15, 0.2) is 60.9 Å². The summed E-state index contributed by atoms with van der Waals surface area (Å²) in [6.45, 7) is 5.58. The zero-order valence-corrected chi connectivity index (χ0v) is 25.5. The van der Waals surface area contributed by atoms with Gasteiger partial charge in [-0.1, -0.05) is 30.2 Å². The maximum atomic E-state index is 13.5. The van der Waals surface area contributed by atoms with Gasteiger partial charge in [0.15, 0.2) is 0 Å². The largest absolute Gasteiger partial charge is 0.493 e. The van der Waals surface area contributed by atoms with E-state index in [1.54, 1.807) is 24.3 Å².